The van der Waals surface area contributed by atoms with E-state index in [1.165, 1.54) is 5.56 Å². The number of hydrogen-bond acceptors (Lipinski definition) is 4. The summed E-state index contributed by atoms with van der Waals surface area (Å²) in [6.07, 6.45) is 3.21. The highest BCUT2D eigenvalue weighted by Crippen LogP contribution is 2.22. The zero-order valence-corrected chi connectivity index (χ0v) is 17.7. The SMILES string of the molecule is Cc1ccc(NC(=O)C2CCN(C(C)C(=O)Nc3ccc(C)cc3C)CC2)nc1. The molecule has 2 aromatic rings. The summed E-state index contributed by atoms with van der Waals surface area (Å²) in [6, 6.07) is 9.53. The third kappa shape index (κ3) is 5.41. The van der Waals surface area contributed by atoms with Crippen molar-refractivity contribution < 1.29 is 9.59 Å². The molecule has 1 fully saturated rings. The van der Waals surface area contributed by atoms with E-state index in [4.69, 9.17) is 0 Å². The van der Waals surface area contributed by atoms with Crippen LogP contribution in [0.4, 0.5) is 11.5 Å². The standard InChI is InChI=1S/C23H30N4O2/c1-15-5-7-20(17(3)13-15)25-22(28)18(4)27-11-9-19(10-12-27)23(29)26-21-8-6-16(2)14-24-21/h5-8,13-14,18-19H,9-12H2,1-4H3,(H,25,28)(H,24,26,29). The summed E-state index contributed by atoms with van der Waals surface area (Å²) in [5, 5.41) is 5.94. The molecule has 2 N–H and O–H groups in total. The Labute approximate surface area is 172 Å². The third-order valence-corrected chi connectivity index (χ3v) is 5.63. The van der Waals surface area contributed by atoms with Crippen LogP contribution < -0.4 is 10.6 Å². The van der Waals surface area contributed by atoms with Gasteiger partial charge in [0.15, 0.2) is 0 Å². The van der Waals surface area contributed by atoms with E-state index in [0.717, 1.165) is 42.7 Å². The van der Waals surface area contributed by atoms with Crippen LogP contribution in [0.15, 0.2) is 36.5 Å². The third-order valence-electron chi connectivity index (χ3n) is 5.63. The maximum Gasteiger partial charge on any atom is 0.241 e. The van der Waals surface area contributed by atoms with Gasteiger partial charge in [0.1, 0.15) is 5.82 Å². The molecule has 3 rings (SSSR count). The van der Waals surface area contributed by atoms with Gasteiger partial charge in [-0.15, -0.1) is 0 Å². The number of aryl methyl sites for hydroxylation is 3. The number of benzene rings is 1. The second-order valence-electron chi connectivity index (χ2n) is 8.00. The summed E-state index contributed by atoms with van der Waals surface area (Å²) in [6.45, 7) is 9.37. The molecular formula is C23H30N4O2. The van der Waals surface area contributed by atoms with Crippen LogP contribution in [0.25, 0.3) is 0 Å². The number of hydrogen-bond donors (Lipinski definition) is 2. The molecule has 1 aromatic carbocycles. The zero-order valence-electron chi connectivity index (χ0n) is 17.7. The molecule has 2 heterocycles. The zero-order chi connectivity index (χ0) is 21.0. The molecule has 1 aliphatic heterocycles. The maximum absolute atomic E-state index is 12.7. The molecule has 1 unspecified atom stereocenters. The number of anilines is 2. The minimum atomic E-state index is -0.238. The van der Waals surface area contributed by atoms with E-state index in [-0.39, 0.29) is 23.8 Å². The first-order valence-electron chi connectivity index (χ1n) is 10.2. The first-order chi connectivity index (χ1) is 13.8. The Morgan fingerprint density at radius 1 is 1.03 bits per heavy atom. The quantitative estimate of drug-likeness (QED) is 0.811. The van der Waals surface area contributed by atoms with Gasteiger partial charge in [0.25, 0.3) is 0 Å². The van der Waals surface area contributed by atoms with Crippen LogP contribution in [0.2, 0.25) is 0 Å². The van der Waals surface area contributed by atoms with E-state index in [1.807, 2.05) is 52.0 Å². The Hall–Kier alpha value is -2.73. The van der Waals surface area contributed by atoms with Crippen molar-refractivity contribution in [1.29, 1.82) is 0 Å². The fraction of sp³-hybridized carbons (Fsp3) is 0.435. The normalized spacial score (nSPS) is 16.3. The summed E-state index contributed by atoms with van der Waals surface area (Å²) in [5.74, 6) is 0.533. The Balaban J connectivity index is 1.50. The number of likely N-dealkylation sites (tertiary alicyclic amines) is 1. The summed E-state index contributed by atoms with van der Waals surface area (Å²) in [5.41, 5.74) is 4.15. The highest BCUT2D eigenvalue weighted by molar-refractivity contribution is 5.95. The number of carbonyl (C=O) groups excluding carboxylic acids is 2. The first-order valence-corrected chi connectivity index (χ1v) is 10.2. The molecule has 0 aliphatic carbocycles. The van der Waals surface area contributed by atoms with E-state index < -0.39 is 0 Å². The Bertz CT molecular complexity index is 871. The van der Waals surface area contributed by atoms with Crippen molar-refractivity contribution in [2.24, 2.45) is 5.92 Å². The lowest BCUT2D eigenvalue weighted by molar-refractivity contribution is -0.123. The molecule has 0 bridgehead atoms. The van der Waals surface area contributed by atoms with Crippen molar-refractivity contribution in [2.75, 3.05) is 23.7 Å². The smallest absolute Gasteiger partial charge is 0.241 e. The molecule has 2 amide bonds. The summed E-state index contributed by atoms with van der Waals surface area (Å²) < 4.78 is 0. The van der Waals surface area contributed by atoms with E-state index in [1.54, 1.807) is 6.20 Å². The van der Waals surface area contributed by atoms with Crippen LogP contribution in [0, 0.1) is 26.7 Å². The first kappa shape index (κ1) is 21.0. The highest BCUT2D eigenvalue weighted by Gasteiger charge is 2.30. The highest BCUT2D eigenvalue weighted by atomic mass is 16.2. The molecule has 1 saturated heterocycles. The van der Waals surface area contributed by atoms with Gasteiger partial charge in [0.2, 0.25) is 11.8 Å². The van der Waals surface area contributed by atoms with Crippen LogP contribution in [-0.4, -0.2) is 40.8 Å². The monoisotopic (exact) mass is 394 g/mol. The molecular weight excluding hydrogens is 364 g/mol. The van der Waals surface area contributed by atoms with Gasteiger partial charge in [-0.3, -0.25) is 14.5 Å². The fourth-order valence-corrected chi connectivity index (χ4v) is 3.68. The number of piperidine rings is 1. The molecule has 6 heteroatoms. The maximum atomic E-state index is 12.7. The number of nitrogens with one attached hydrogen (secondary N) is 2. The molecule has 6 nitrogen and oxygen atoms in total. The molecule has 0 spiro atoms. The number of amides is 2. The van der Waals surface area contributed by atoms with Gasteiger partial charge in [-0.25, -0.2) is 4.98 Å². The minimum Gasteiger partial charge on any atom is -0.324 e. The van der Waals surface area contributed by atoms with Crippen LogP contribution in [0.5, 0.6) is 0 Å². The van der Waals surface area contributed by atoms with Crippen molar-refractivity contribution >= 4 is 23.3 Å². The molecule has 0 radical (unpaired) electrons. The van der Waals surface area contributed by atoms with Crippen LogP contribution in [0.1, 0.15) is 36.5 Å². The summed E-state index contributed by atoms with van der Waals surface area (Å²) in [4.78, 5) is 31.6. The van der Waals surface area contributed by atoms with Gasteiger partial charge in [-0.2, -0.15) is 0 Å². The molecule has 1 atom stereocenters. The number of aromatic nitrogens is 1. The lowest BCUT2D eigenvalue weighted by Crippen LogP contribution is -2.47. The predicted molar refractivity (Wildman–Crippen MR) is 116 cm³/mol. The topological polar surface area (TPSA) is 74.3 Å². The van der Waals surface area contributed by atoms with E-state index in [9.17, 15) is 9.59 Å². The average Bonchev–Trinajstić information content (AvgIpc) is 2.71. The fourth-order valence-electron chi connectivity index (χ4n) is 3.68. The Kier molecular flexibility index (Phi) is 6.64. The number of carbonyl (C=O) groups is 2. The van der Waals surface area contributed by atoms with Gasteiger partial charge in [-0.1, -0.05) is 23.8 Å². The van der Waals surface area contributed by atoms with Crippen molar-refractivity contribution in [1.82, 2.24) is 9.88 Å². The van der Waals surface area contributed by atoms with Crippen molar-refractivity contribution in [3.05, 3.63) is 53.2 Å². The molecule has 154 valence electrons. The molecule has 0 saturated carbocycles. The molecule has 1 aromatic heterocycles. The van der Waals surface area contributed by atoms with Crippen LogP contribution in [-0.2, 0) is 9.59 Å². The number of rotatable bonds is 5. The van der Waals surface area contributed by atoms with Crippen molar-refractivity contribution in [3.63, 3.8) is 0 Å². The van der Waals surface area contributed by atoms with E-state index in [2.05, 4.69) is 26.6 Å². The van der Waals surface area contributed by atoms with Crippen molar-refractivity contribution in [3.8, 4) is 0 Å². The lowest BCUT2D eigenvalue weighted by atomic mass is 9.95. The second kappa shape index (κ2) is 9.18. The molecule has 29 heavy (non-hydrogen) atoms. The van der Waals surface area contributed by atoms with E-state index >= 15 is 0 Å². The summed E-state index contributed by atoms with van der Waals surface area (Å²) in [7, 11) is 0. The Morgan fingerprint density at radius 3 is 2.34 bits per heavy atom. The number of pyridine rings is 1. The number of nitrogens with zero attached hydrogens (tertiary/aromatic N) is 2. The molecule has 1 aliphatic rings. The van der Waals surface area contributed by atoms with Crippen LogP contribution in [0.3, 0.4) is 0 Å². The van der Waals surface area contributed by atoms with E-state index in [0.29, 0.717) is 5.82 Å². The largest absolute Gasteiger partial charge is 0.324 e. The summed E-state index contributed by atoms with van der Waals surface area (Å²) >= 11 is 0. The Morgan fingerprint density at radius 2 is 1.72 bits per heavy atom. The average molecular weight is 395 g/mol. The predicted octanol–water partition coefficient (Wildman–Crippen LogP) is 3.68. The second-order valence-corrected chi connectivity index (χ2v) is 8.00. The lowest BCUT2D eigenvalue weighted by Gasteiger charge is -2.34. The van der Waals surface area contributed by atoms with Gasteiger partial charge >= 0.3 is 0 Å². The van der Waals surface area contributed by atoms with Gasteiger partial charge in [0, 0.05) is 17.8 Å². The van der Waals surface area contributed by atoms with Gasteiger partial charge in [-0.05, 0) is 76.9 Å². The minimum absolute atomic E-state index is 0.00777. The van der Waals surface area contributed by atoms with Gasteiger partial charge in [0.05, 0.1) is 6.04 Å². The van der Waals surface area contributed by atoms with Crippen LogP contribution >= 0.6 is 0 Å². The van der Waals surface area contributed by atoms with Crippen molar-refractivity contribution in [2.45, 2.75) is 46.6 Å². The van der Waals surface area contributed by atoms with Gasteiger partial charge < -0.3 is 10.6 Å².